The number of fused-ring (bicyclic) bond motifs is 1. The average Bonchev–Trinajstić information content (AvgIpc) is 2.78. The zero-order valence-corrected chi connectivity index (χ0v) is 9.52. The Morgan fingerprint density at radius 3 is 3.06 bits per heavy atom. The fourth-order valence-corrected chi connectivity index (χ4v) is 1.83. The van der Waals surface area contributed by atoms with Gasteiger partial charge in [0.2, 0.25) is 0 Å². The van der Waals surface area contributed by atoms with Crippen LogP contribution in [0, 0.1) is 0 Å². The second kappa shape index (κ2) is 4.99. The van der Waals surface area contributed by atoms with Gasteiger partial charge in [-0.05, 0) is 32.0 Å². The molecule has 4 nitrogen and oxygen atoms in total. The Balaban J connectivity index is 2.32. The molecule has 2 aromatic heterocycles. The Morgan fingerprint density at radius 2 is 2.31 bits per heavy atom. The van der Waals surface area contributed by atoms with Crippen LogP contribution in [0.3, 0.4) is 0 Å². The third-order valence-corrected chi connectivity index (χ3v) is 2.67. The Hall–Kier alpha value is -1.55. The molecule has 2 N–H and O–H groups in total. The van der Waals surface area contributed by atoms with Gasteiger partial charge in [-0.2, -0.15) is 0 Å². The third-order valence-electron chi connectivity index (χ3n) is 2.67. The smallest absolute Gasteiger partial charge is 0.139 e. The van der Waals surface area contributed by atoms with Crippen molar-refractivity contribution in [1.82, 2.24) is 4.98 Å². The van der Waals surface area contributed by atoms with Crippen molar-refractivity contribution in [2.45, 2.75) is 13.3 Å². The van der Waals surface area contributed by atoms with E-state index in [2.05, 4.69) is 16.8 Å². The molecule has 0 fully saturated rings. The zero-order valence-electron chi connectivity index (χ0n) is 9.52. The summed E-state index contributed by atoms with van der Waals surface area (Å²) >= 11 is 0. The van der Waals surface area contributed by atoms with Gasteiger partial charge in [0.15, 0.2) is 0 Å². The number of anilines is 1. The number of rotatable bonds is 5. The summed E-state index contributed by atoms with van der Waals surface area (Å²) in [7, 11) is 0. The van der Waals surface area contributed by atoms with Crippen molar-refractivity contribution in [2.75, 3.05) is 24.5 Å². The highest BCUT2D eigenvalue weighted by Gasteiger charge is 2.10. The van der Waals surface area contributed by atoms with Gasteiger partial charge >= 0.3 is 0 Å². The zero-order chi connectivity index (χ0) is 11.4. The molecule has 0 amide bonds. The highest BCUT2D eigenvalue weighted by atomic mass is 16.3. The van der Waals surface area contributed by atoms with E-state index in [1.165, 1.54) is 0 Å². The molecular formula is C12H17N3O. The molecule has 4 heteroatoms. The maximum atomic E-state index is 5.54. The first-order valence-electron chi connectivity index (χ1n) is 5.64. The van der Waals surface area contributed by atoms with E-state index in [0.717, 1.165) is 36.3 Å². The molecule has 86 valence electrons. The molecule has 2 aromatic rings. The maximum absolute atomic E-state index is 5.54. The van der Waals surface area contributed by atoms with Crippen molar-refractivity contribution in [3.8, 4) is 0 Å². The van der Waals surface area contributed by atoms with Crippen LogP contribution in [0.4, 0.5) is 5.82 Å². The number of hydrogen-bond donors (Lipinski definition) is 1. The number of hydrogen-bond acceptors (Lipinski definition) is 4. The minimum atomic E-state index is 0.706. The van der Waals surface area contributed by atoms with E-state index in [1.807, 2.05) is 12.1 Å². The molecular weight excluding hydrogens is 202 g/mol. The summed E-state index contributed by atoms with van der Waals surface area (Å²) in [6.07, 6.45) is 4.46. The SMILES string of the molecule is CCN(CCCN)c1nccc2occc12. The summed E-state index contributed by atoms with van der Waals surface area (Å²) in [4.78, 5) is 6.66. The van der Waals surface area contributed by atoms with Crippen LogP contribution in [0.2, 0.25) is 0 Å². The van der Waals surface area contributed by atoms with Crippen LogP contribution in [0.15, 0.2) is 29.0 Å². The minimum absolute atomic E-state index is 0.706. The van der Waals surface area contributed by atoms with Crippen molar-refractivity contribution in [1.29, 1.82) is 0 Å². The second-order valence-corrected chi connectivity index (χ2v) is 3.69. The predicted molar refractivity (Wildman–Crippen MR) is 65.6 cm³/mol. The average molecular weight is 219 g/mol. The molecule has 0 aliphatic rings. The lowest BCUT2D eigenvalue weighted by Gasteiger charge is -2.21. The number of aromatic nitrogens is 1. The first-order chi connectivity index (χ1) is 7.86. The van der Waals surface area contributed by atoms with Crippen LogP contribution < -0.4 is 10.6 Å². The highest BCUT2D eigenvalue weighted by Crippen LogP contribution is 2.24. The van der Waals surface area contributed by atoms with Gasteiger partial charge in [0, 0.05) is 19.3 Å². The first kappa shape index (κ1) is 11.0. The van der Waals surface area contributed by atoms with Crippen LogP contribution >= 0.6 is 0 Å². The Bertz CT molecular complexity index is 452. The number of nitrogens with two attached hydrogens (primary N) is 1. The van der Waals surface area contributed by atoms with Crippen molar-refractivity contribution in [3.63, 3.8) is 0 Å². The fourth-order valence-electron chi connectivity index (χ4n) is 1.83. The second-order valence-electron chi connectivity index (χ2n) is 3.69. The van der Waals surface area contributed by atoms with Crippen LogP contribution in [-0.4, -0.2) is 24.6 Å². The quantitative estimate of drug-likeness (QED) is 0.835. The normalized spacial score (nSPS) is 10.9. The number of furan rings is 1. The third kappa shape index (κ3) is 2.02. The topological polar surface area (TPSA) is 55.3 Å². The van der Waals surface area contributed by atoms with Crippen LogP contribution in [-0.2, 0) is 0 Å². The van der Waals surface area contributed by atoms with Gasteiger partial charge in [0.1, 0.15) is 11.4 Å². The van der Waals surface area contributed by atoms with E-state index in [4.69, 9.17) is 10.2 Å². The van der Waals surface area contributed by atoms with Gasteiger partial charge in [-0.15, -0.1) is 0 Å². The van der Waals surface area contributed by atoms with Gasteiger partial charge in [0.05, 0.1) is 11.6 Å². The van der Waals surface area contributed by atoms with Crippen LogP contribution in [0.5, 0.6) is 0 Å². The van der Waals surface area contributed by atoms with Crippen molar-refractivity contribution < 1.29 is 4.42 Å². The van der Waals surface area contributed by atoms with Gasteiger partial charge in [0.25, 0.3) is 0 Å². The molecule has 2 heterocycles. The van der Waals surface area contributed by atoms with Gasteiger partial charge < -0.3 is 15.1 Å². The molecule has 0 saturated carbocycles. The Labute approximate surface area is 95.1 Å². The van der Waals surface area contributed by atoms with E-state index in [-0.39, 0.29) is 0 Å². The molecule has 0 spiro atoms. The molecule has 0 aromatic carbocycles. The molecule has 2 rings (SSSR count). The van der Waals surface area contributed by atoms with E-state index < -0.39 is 0 Å². The van der Waals surface area contributed by atoms with Crippen molar-refractivity contribution in [2.24, 2.45) is 5.73 Å². The lowest BCUT2D eigenvalue weighted by atomic mass is 10.2. The van der Waals surface area contributed by atoms with E-state index in [9.17, 15) is 0 Å². The fraction of sp³-hybridized carbons (Fsp3) is 0.417. The maximum Gasteiger partial charge on any atom is 0.139 e. The molecule has 0 aliphatic heterocycles. The predicted octanol–water partition coefficient (Wildman–Crippen LogP) is 2.00. The molecule has 0 aliphatic carbocycles. The summed E-state index contributed by atoms with van der Waals surface area (Å²) in [6, 6.07) is 3.85. The van der Waals surface area contributed by atoms with Crippen LogP contribution in [0.1, 0.15) is 13.3 Å². The Kier molecular flexibility index (Phi) is 3.41. The van der Waals surface area contributed by atoms with Crippen LogP contribution in [0.25, 0.3) is 11.0 Å². The summed E-state index contributed by atoms with van der Waals surface area (Å²) in [6.45, 7) is 4.69. The minimum Gasteiger partial charge on any atom is -0.464 e. The largest absolute Gasteiger partial charge is 0.464 e. The highest BCUT2D eigenvalue weighted by molar-refractivity contribution is 5.88. The van der Waals surface area contributed by atoms with Gasteiger partial charge in [-0.3, -0.25) is 0 Å². The molecule has 0 radical (unpaired) electrons. The summed E-state index contributed by atoms with van der Waals surface area (Å²) in [5.74, 6) is 0.988. The monoisotopic (exact) mass is 219 g/mol. The number of nitrogens with zero attached hydrogens (tertiary/aromatic N) is 2. The van der Waals surface area contributed by atoms with E-state index in [1.54, 1.807) is 12.5 Å². The van der Waals surface area contributed by atoms with E-state index in [0.29, 0.717) is 6.54 Å². The van der Waals surface area contributed by atoms with Gasteiger partial charge in [-0.25, -0.2) is 4.98 Å². The van der Waals surface area contributed by atoms with Crippen molar-refractivity contribution in [3.05, 3.63) is 24.6 Å². The summed E-state index contributed by atoms with van der Waals surface area (Å²) in [5.41, 5.74) is 6.42. The molecule has 0 atom stereocenters. The molecule has 0 unspecified atom stereocenters. The van der Waals surface area contributed by atoms with Crippen molar-refractivity contribution >= 4 is 16.8 Å². The summed E-state index contributed by atoms with van der Waals surface area (Å²) < 4.78 is 5.37. The van der Waals surface area contributed by atoms with E-state index >= 15 is 0 Å². The Morgan fingerprint density at radius 1 is 1.44 bits per heavy atom. The van der Waals surface area contributed by atoms with Gasteiger partial charge in [-0.1, -0.05) is 0 Å². The summed E-state index contributed by atoms with van der Waals surface area (Å²) in [5, 5.41) is 1.07. The lowest BCUT2D eigenvalue weighted by molar-refractivity contribution is 0.615. The first-order valence-corrected chi connectivity index (χ1v) is 5.64. The molecule has 0 bridgehead atoms. The number of pyridine rings is 1. The molecule has 0 saturated heterocycles. The standard InChI is InChI=1S/C12H17N3O/c1-2-15(8-3-6-13)12-10-5-9-16-11(10)4-7-14-12/h4-5,7,9H,2-3,6,8,13H2,1H3. The molecule has 16 heavy (non-hydrogen) atoms. The lowest BCUT2D eigenvalue weighted by Crippen LogP contribution is -2.26.